The van der Waals surface area contributed by atoms with Gasteiger partial charge in [0, 0.05) is 54.1 Å². The molecule has 0 spiro atoms. The number of benzene rings is 1. The van der Waals surface area contributed by atoms with Crippen molar-refractivity contribution < 1.29 is 9.53 Å². The van der Waals surface area contributed by atoms with Gasteiger partial charge in [-0.25, -0.2) is 4.79 Å². The van der Waals surface area contributed by atoms with E-state index in [0.717, 1.165) is 34.5 Å². The largest absolute Gasteiger partial charge is 0.383 e. The van der Waals surface area contributed by atoms with Crippen molar-refractivity contribution in [2.45, 2.75) is 39.8 Å². The predicted molar refractivity (Wildman–Crippen MR) is 107 cm³/mol. The number of amides is 2. The van der Waals surface area contributed by atoms with Crippen molar-refractivity contribution >= 4 is 22.6 Å². The van der Waals surface area contributed by atoms with Crippen LogP contribution in [0.15, 0.2) is 30.3 Å². The third-order valence-corrected chi connectivity index (χ3v) is 4.54. The number of H-pyrrole nitrogens is 1. The Balaban J connectivity index is 1.62. The normalized spacial score (nSPS) is 12.3. The molecule has 0 radical (unpaired) electrons. The molecule has 1 aromatic carbocycles. The summed E-state index contributed by atoms with van der Waals surface area (Å²) in [4.78, 5) is 12.3. The van der Waals surface area contributed by atoms with E-state index in [9.17, 15) is 4.79 Å². The van der Waals surface area contributed by atoms with E-state index in [1.165, 1.54) is 5.69 Å². The van der Waals surface area contributed by atoms with Gasteiger partial charge in [0.2, 0.25) is 0 Å². The van der Waals surface area contributed by atoms with Gasteiger partial charge in [-0.3, -0.25) is 5.10 Å². The molecule has 3 rings (SSSR count). The standard InChI is InChI=1S/C20H27N5O2/c1-13(9-18-10-14(2)23-24-18)21-20(26)22-17-5-6-19-16(12-17)11-15(3)25(19)7-8-27-4/h5-6,10-13H,7-9H2,1-4H3,(H,23,24)(H2,21,22,26). The van der Waals surface area contributed by atoms with Crippen LogP contribution in [0.25, 0.3) is 10.9 Å². The Bertz CT molecular complexity index is 928. The van der Waals surface area contributed by atoms with Crippen molar-refractivity contribution in [3.8, 4) is 0 Å². The van der Waals surface area contributed by atoms with Crippen LogP contribution in [0.4, 0.5) is 10.5 Å². The average molecular weight is 369 g/mol. The number of fused-ring (bicyclic) bond motifs is 1. The lowest BCUT2D eigenvalue weighted by atomic mass is 10.2. The molecule has 2 heterocycles. The summed E-state index contributed by atoms with van der Waals surface area (Å²) in [5.74, 6) is 0. The summed E-state index contributed by atoms with van der Waals surface area (Å²) in [6, 6.07) is 9.82. The van der Waals surface area contributed by atoms with Crippen LogP contribution in [0, 0.1) is 13.8 Å². The second kappa shape index (κ2) is 8.26. The molecule has 0 bridgehead atoms. The lowest BCUT2D eigenvalue weighted by Crippen LogP contribution is -2.37. The van der Waals surface area contributed by atoms with Crippen molar-refractivity contribution in [1.82, 2.24) is 20.1 Å². The number of hydrogen-bond acceptors (Lipinski definition) is 3. The number of aryl methyl sites for hydroxylation is 2. The van der Waals surface area contributed by atoms with Crippen LogP contribution in [0.1, 0.15) is 24.0 Å². The molecule has 3 aromatic rings. The van der Waals surface area contributed by atoms with Crippen molar-refractivity contribution in [2.24, 2.45) is 0 Å². The Morgan fingerprint density at radius 2 is 2.11 bits per heavy atom. The van der Waals surface area contributed by atoms with Crippen LogP contribution in [0.2, 0.25) is 0 Å². The van der Waals surface area contributed by atoms with E-state index < -0.39 is 0 Å². The maximum Gasteiger partial charge on any atom is 0.319 e. The molecule has 0 aliphatic carbocycles. The summed E-state index contributed by atoms with van der Waals surface area (Å²) in [5, 5.41) is 14.1. The zero-order valence-corrected chi connectivity index (χ0v) is 16.3. The highest BCUT2D eigenvalue weighted by molar-refractivity contribution is 5.93. The van der Waals surface area contributed by atoms with Crippen LogP contribution in [0.5, 0.6) is 0 Å². The predicted octanol–water partition coefficient (Wildman–Crippen LogP) is 3.38. The third kappa shape index (κ3) is 4.68. The Labute approximate surface area is 159 Å². The van der Waals surface area contributed by atoms with E-state index in [1.807, 2.05) is 38.1 Å². The van der Waals surface area contributed by atoms with E-state index in [2.05, 4.69) is 38.4 Å². The minimum absolute atomic E-state index is 0.0196. The highest BCUT2D eigenvalue weighted by Gasteiger charge is 2.11. The van der Waals surface area contributed by atoms with E-state index in [1.54, 1.807) is 7.11 Å². The molecule has 27 heavy (non-hydrogen) atoms. The Morgan fingerprint density at radius 1 is 1.30 bits per heavy atom. The van der Waals surface area contributed by atoms with Gasteiger partial charge in [-0.15, -0.1) is 0 Å². The molecule has 2 aromatic heterocycles. The number of rotatable bonds is 7. The first kappa shape index (κ1) is 19.0. The van der Waals surface area contributed by atoms with E-state index in [4.69, 9.17) is 4.74 Å². The highest BCUT2D eigenvalue weighted by Crippen LogP contribution is 2.23. The van der Waals surface area contributed by atoms with Gasteiger partial charge in [0.1, 0.15) is 0 Å². The summed E-state index contributed by atoms with van der Waals surface area (Å²) in [6.45, 7) is 7.48. The average Bonchev–Trinajstić information content (AvgIpc) is 3.14. The number of nitrogens with zero attached hydrogens (tertiary/aromatic N) is 2. The van der Waals surface area contributed by atoms with Crippen molar-refractivity contribution in [3.63, 3.8) is 0 Å². The van der Waals surface area contributed by atoms with Crippen LogP contribution in [-0.4, -0.2) is 40.6 Å². The highest BCUT2D eigenvalue weighted by atomic mass is 16.5. The number of aromatic nitrogens is 3. The van der Waals surface area contributed by atoms with Gasteiger partial charge >= 0.3 is 6.03 Å². The van der Waals surface area contributed by atoms with Crippen LogP contribution >= 0.6 is 0 Å². The van der Waals surface area contributed by atoms with Gasteiger partial charge < -0.3 is 19.9 Å². The number of urea groups is 1. The SMILES string of the molecule is COCCn1c(C)cc2cc(NC(=O)NC(C)Cc3cc(C)[nH]n3)ccc21. The van der Waals surface area contributed by atoms with Crippen LogP contribution < -0.4 is 10.6 Å². The number of nitrogens with one attached hydrogen (secondary N) is 3. The summed E-state index contributed by atoms with van der Waals surface area (Å²) in [7, 11) is 1.70. The second-order valence-corrected chi connectivity index (χ2v) is 6.95. The number of aromatic amines is 1. The lowest BCUT2D eigenvalue weighted by molar-refractivity contribution is 0.188. The van der Waals surface area contributed by atoms with Crippen molar-refractivity contribution in [3.05, 3.63) is 47.4 Å². The molecule has 0 fully saturated rings. The molecular formula is C20H27N5O2. The monoisotopic (exact) mass is 369 g/mol. The van der Waals surface area contributed by atoms with Crippen LogP contribution in [-0.2, 0) is 17.7 Å². The number of methoxy groups -OCH3 is 1. The molecule has 3 N–H and O–H groups in total. The summed E-state index contributed by atoms with van der Waals surface area (Å²) in [6.07, 6.45) is 0.679. The lowest BCUT2D eigenvalue weighted by Gasteiger charge is -2.14. The maximum atomic E-state index is 12.3. The fourth-order valence-electron chi connectivity index (χ4n) is 3.30. The Morgan fingerprint density at radius 3 is 2.81 bits per heavy atom. The van der Waals surface area contributed by atoms with Gasteiger partial charge in [-0.1, -0.05) is 0 Å². The quantitative estimate of drug-likeness (QED) is 0.597. The number of ether oxygens (including phenoxy) is 1. The molecule has 0 saturated heterocycles. The molecule has 1 unspecified atom stereocenters. The Kier molecular flexibility index (Phi) is 5.81. The number of carbonyl (C=O) groups excluding carboxylic acids is 1. The minimum atomic E-state index is -0.218. The first-order valence-corrected chi connectivity index (χ1v) is 9.13. The molecule has 7 nitrogen and oxygen atoms in total. The van der Waals surface area contributed by atoms with E-state index in [-0.39, 0.29) is 12.1 Å². The number of anilines is 1. The van der Waals surface area contributed by atoms with Gasteiger partial charge in [-0.05, 0) is 51.1 Å². The smallest absolute Gasteiger partial charge is 0.319 e. The fraction of sp³-hybridized carbons (Fsp3) is 0.400. The molecular weight excluding hydrogens is 342 g/mol. The minimum Gasteiger partial charge on any atom is -0.383 e. The molecule has 2 amide bonds. The Hall–Kier alpha value is -2.80. The van der Waals surface area contributed by atoms with Gasteiger partial charge in [-0.2, -0.15) is 5.10 Å². The fourth-order valence-corrected chi connectivity index (χ4v) is 3.30. The second-order valence-electron chi connectivity index (χ2n) is 6.95. The van der Waals surface area contributed by atoms with Crippen molar-refractivity contribution in [2.75, 3.05) is 19.0 Å². The summed E-state index contributed by atoms with van der Waals surface area (Å²) < 4.78 is 7.40. The number of carbonyl (C=O) groups is 1. The maximum absolute atomic E-state index is 12.3. The first-order chi connectivity index (χ1) is 13.0. The third-order valence-electron chi connectivity index (χ3n) is 4.54. The molecule has 1 atom stereocenters. The zero-order chi connectivity index (χ0) is 19.4. The first-order valence-electron chi connectivity index (χ1n) is 9.13. The molecule has 0 aliphatic rings. The summed E-state index contributed by atoms with van der Waals surface area (Å²) in [5.41, 5.74) is 5.04. The zero-order valence-electron chi connectivity index (χ0n) is 16.3. The topological polar surface area (TPSA) is 84.0 Å². The van der Waals surface area contributed by atoms with E-state index in [0.29, 0.717) is 13.0 Å². The molecule has 7 heteroatoms. The van der Waals surface area contributed by atoms with Crippen LogP contribution in [0.3, 0.4) is 0 Å². The number of hydrogen-bond donors (Lipinski definition) is 3. The van der Waals surface area contributed by atoms with Gasteiger partial charge in [0.05, 0.1) is 12.3 Å². The summed E-state index contributed by atoms with van der Waals surface area (Å²) >= 11 is 0. The van der Waals surface area contributed by atoms with Gasteiger partial charge in [0.25, 0.3) is 0 Å². The van der Waals surface area contributed by atoms with Gasteiger partial charge in [0.15, 0.2) is 0 Å². The molecule has 144 valence electrons. The molecule has 0 saturated carbocycles. The molecule has 0 aliphatic heterocycles. The van der Waals surface area contributed by atoms with E-state index >= 15 is 0 Å². The van der Waals surface area contributed by atoms with Crippen molar-refractivity contribution in [1.29, 1.82) is 0 Å².